The summed E-state index contributed by atoms with van der Waals surface area (Å²) < 4.78 is 0. The Morgan fingerprint density at radius 3 is 2.00 bits per heavy atom. The molecule has 3 N–H and O–H groups in total. The second-order valence-corrected chi connectivity index (χ2v) is 1.04. The Kier molecular flexibility index (Phi) is 7.20. The molecular weight excluding hydrogens is 148 g/mol. The zero-order valence-corrected chi connectivity index (χ0v) is 5.60. The van der Waals surface area contributed by atoms with Crippen molar-refractivity contribution in [1.29, 1.82) is 0 Å². The van der Waals surface area contributed by atoms with Crippen LogP contribution < -0.4 is 0 Å². The van der Waals surface area contributed by atoms with Crippen LogP contribution in [0, 0.1) is 0 Å². The Bertz CT molecular complexity index is 73.7. The Labute approximate surface area is 61.0 Å². The molecule has 0 aromatic rings. The van der Waals surface area contributed by atoms with Crippen molar-refractivity contribution in [1.82, 2.24) is 0 Å². The number of hydrogen-bond donors (Lipinski definition) is 3. The molecule has 1 atom stereocenters. The van der Waals surface area contributed by atoms with Crippen molar-refractivity contribution in [3.63, 3.8) is 0 Å². The average molecular weight is 154 g/mol. The second kappa shape index (κ2) is 5.25. The summed E-state index contributed by atoms with van der Waals surface area (Å²) in [4.78, 5) is 9.52. The van der Waals surface area contributed by atoms with Gasteiger partial charge in [-0.15, -0.1) is 0 Å². The molecule has 0 spiro atoms. The molecule has 5 heteroatoms. The van der Waals surface area contributed by atoms with E-state index in [0.717, 1.165) is 0 Å². The van der Waals surface area contributed by atoms with Crippen molar-refractivity contribution in [3.8, 4) is 0 Å². The number of carbonyl (C=O) groups is 1. The fourth-order valence-electron chi connectivity index (χ4n) is 0.0781. The average Bonchev–Trinajstić information content (AvgIpc) is 1.65. The maximum absolute atomic E-state index is 9.52. The van der Waals surface area contributed by atoms with E-state index < -0.39 is 18.7 Å². The largest absolute Gasteiger partial charge is 4.00 e. The maximum Gasteiger partial charge on any atom is 4.00 e. The predicted molar refractivity (Wildman–Crippen MR) is 20.7 cm³/mol. The van der Waals surface area contributed by atoms with Crippen molar-refractivity contribution in [2.24, 2.45) is 0 Å². The number of aliphatic carboxylic acids is 1. The third-order valence-electron chi connectivity index (χ3n) is 0.458. The van der Waals surface area contributed by atoms with E-state index in [1.165, 1.54) is 0 Å². The number of carboxylic acid groups (broad SMARTS) is 1. The van der Waals surface area contributed by atoms with Crippen molar-refractivity contribution in [3.05, 3.63) is 0 Å². The van der Waals surface area contributed by atoms with Crippen LogP contribution in [0.15, 0.2) is 0 Å². The first-order valence-electron chi connectivity index (χ1n) is 1.70. The summed E-state index contributed by atoms with van der Waals surface area (Å²) in [5.74, 6) is -1.40. The monoisotopic (exact) mass is 154 g/mol. The van der Waals surface area contributed by atoms with E-state index in [0.29, 0.717) is 0 Å². The van der Waals surface area contributed by atoms with Crippen LogP contribution in [0.3, 0.4) is 0 Å². The summed E-state index contributed by atoms with van der Waals surface area (Å²) in [6, 6.07) is 0. The molecule has 0 aliphatic heterocycles. The normalized spacial score (nSPS) is 11.8. The van der Waals surface area contributed by atoms with E-state index in [9.17, 15) is 4.79 Å². The van der Waals surface area contributed by atoms with Crippen LogP contribution in [-0.4, -0.2) is 34.0 Å². The smallest absolute Gasteiger partial charge is 0.479 e. The number of aliphatic hydroxyl groups excluding tert-OH is 2. The number of hydrogen-bond acceptors (Lipinski definition) is 3. The van der Waals surface area contributed by atoms with E-state index in [1.54, 1.807) is 0 Å². The van der Waals surface area contributed by atoms with Crippen LogP contribution in [0.4, 0.5) is 0 Å². The van der Waals surface area contributed by atoms with Gasteiger partial charge >= 0.3 is 27.7 Å². The molecule has 1 unspecified atom stereocenters. The molecular formula is C3H6O4Ti+4. The first-order chi connectivity index (χ1) is 3.18. The molecule has 0 aliphatic carbocycles. The Morgan fingerprint density at radius 1 is 1.62 bits per heavy atom. The quantitative estimate of drug-likeness (QED) is 0.419. The van der Waals surface area contributed by atoms with Gasteiger partial charge in [0.05, 0.1) is 6.61 Å². The molecule has 0 aromatic heterocycles. The van der Waals surface area contributed by atoms with Crippen molar-refractivity contribution < 1.29 is 41.8 Å². The second-order valence-electron chi connectivity index (χ2n) is 1.04. The van der Waals surface area contributed by atoms with Gasteiger partial charge in [-0.25, -0.2) is 4.79 Å². The molecule has 4 nitrogen and oxygen atoms in total. The van der Waals surface area contributed by atoms with E-state index in [-0.39, 0.29) is 21.7 Å². The standard InChI is InChI=1S/C3H6O4.Ti/c4-1-2(5)3(6)7;/h2,4-5H,1H2,(H,6,7);/q;+4. The van der Waals surface area contributed by atoms with Crippen molar-refractivity contribution in [2.75, 3.05) is 6.61 Å². The summed E-state index contributed by atoms with van der Waals surface area (Å²) in [6.07, 6.45) is -1.63. The Hall–Kier alpha value is 0.104. The zero-order chi connectivity index (χ0) is 5.86. The minimum atomic E-state index is -1.63. The van der Waals surface area contributed by atoms with Gasteiger partial charge in [-0.2, -0.15) is 0 Å². The third kappa shape index (κ3) is 4.27. The number of rotatable bonds is 2. The van der Waals surface area contributed by atoms with Crippen LogP contribution >= 0.6 is 0 Å². The Balaban J connectivity index is 0. The van der Waals surface area contributed by atoms with Crippen molar-refractivity contribution >= 4 is 5.97 Å². The first kappa shape index (κ1) is 11.0. The summed E-state index contributed by atoms with van der Waals surface area (Å²) in [7, 11) is 0. The van der Waals surface area contributed by atoms with E-state index >= 15 is 0 Å². The van der Waals surface area contributed by atoms with Crippen molar-refractivity contribution in [2.45, 2.75) is 6.10 Å². The maximum atomic E-state index is 9.52. The molecule has 8 heavy (non-hydrogen) atoms. The minimum absolute atomic E-state index is 0. The van der Waals surface area contributed by atoms with Gasteiger partial charge in [0.2, 0.25) is 0 Å². The van der Waals surface area contributed by atoms with E-state index in [1.807, 2.05) is 0 Å². The topological polar surface area (TPSA) is 77.8 Å². The van der Waals surface area contributed by atoms with E-state index in [2.05, 4.69) is 0 Å². The molecule has 0 aliphatic rings. The summed E-state index contributed by atoms with van der Waals surface area (Å²) in [5, 5.41) is 23.7. The minimum Gasteiger partial charge on any atom is -0.479 e. The molecule has 0 saturated heterocycles. The molecule has 0 saturated carbocycles. The SMILES string of the molecule is O=C(O)C(O)CO.[Ti+4]. The number of carboxylic acids is 1. The van der Waals surface area contributed by atoms with Gasteiger partial charge in [-0.3, -0.25) is 0 Å². The van der Waals surface area contributed by atoms with Gasteiger partial charge < -0.3 is 15.3 Å². The van der Waals surface area contributed by atoms with Crippen LogP contribution in [0.25, 0.3) is 0 Å². The first-order valence-corrected chi connectivity index (χ1v) is 1.70. The number of aliphatic hydroxyl groups is 2. The predicted octanol–water partition coefficient (Wildman–Crippen LogP) is -1.58. The molecule has 0 aromatic carbocycles. The van der Waals surface area contributed by atoms with Gasteiger partial charge in [0, 0.05) is 0 Å². The molecule has 0 fully saturated rings. The fraction of sp³-hybridized carbons (Fsp3) is 0.667. The van der Waals surface area contributed by atoms with Crippen LogP contribution in [-0.2, 0) is 26.5 Å². The molecule has 0 amide bonds. The molecule has 0 rings (SSSR count). The summed E-state index contributed by atoms with van der Waals surface area (Å²) in [5.41, 5.74) is 0. The summed E-state index contributed by atoms with van der Waals surface area (Å²) >= 11 is 0. The molecule has 0 bridgehead atoms. The summed E-state index contributed by atoms with van der Waals surface area (Å²) in [6.45, 7) is -0.727. The van der Waals surface area contributed by atoms with Crippen LogP contribution in [0.1, 0.15) is 0 Å². The van der Waals surface area contributed by atoms with Gasteiger partial charge in [0.1, 0.15) is 0 Å². The van der Waals surface area contributed by atoms with Gasteiger partial charge in [-0.1, -0.05) is 0 Å². The van der Waals surface area contributed by atoms with Gasteiger partial charge in [0.15, 0.2) is 6.10 Å². The van der Waals surface area contributed by atoms with E-state index in [4.69, 9.17) is 15.3 Å². The fourth-order valence-corrected chi connectivity index (χ4v) is 0.0781. The van der Waals surface area contributed by atoms with Gasteiger partial charge in [-0.05, 0) is 0 Å². The Morgan fingerprint density at radius 2 is 2.00 bits per heavy atom. The molecule has 0 heterocycles. The molecule has 0 radical (unpaired) electrons. The third-order valence-corrected chi connectivity index (χ3v) is 0.458. The van der Waals surface area contributed by atoms with Gasteiger partial charge in [0.25, 0.3) is 0 Å². The van der Waals surface area contributed by atoms with Crippen LogP contribution in [0.2, 0.25) is 0 Å². The molecule has 42 valence electrons. The van der Waals surface area contributed by atoms with Crippen LogP contribution in [0.5, 0.6) is 0 Å². The zero-order valence-electron chi connectivity index (χ0n) is 4.03.